The van der Waals surface area contributed by atoms with Gasteiger partial charge in [0.1, 0.15) is 12.7 Å². The second kappa shape index (κ2) is 33.5. The first-order valence-electron chi connectivity index (χ1n) is 19.0. The molecule has 0 aliphatic heterocycles. The van der Waals surface area contributed by atoms with Crippen LogP contribution in [0.5, 0.6) is 0 Å². The van der Waals surface area contributed by atoms with Crippen LogP contribution in [0.3, 0.4) is 0 Å². The van der Waals surface area contributed by atoms with E-state index in [2.05, 4.69) is 18.4 Å². The number of hydrogen-bond donors (Lipinski definition) is 3. The number of unbranched alkanes of at least 4 members (excludes halogenated alkanes) is 22. The lowest BCUT2D eigenvalue weighted by atomic mass is 10.0. The van der Waals surface area contributed by atoms with Crippen LogP contribution in [-0.4, -0.2) is 65.7 Å². The van der Waals surface area contributed by atoms with Crippen molar-refractivity contribution in [1.82, 2.24) is 0 Å². The van der Waals surface area contributed by atoms with Gasteiger partial charge in [0.15, 0.2) is 6.10 Å². The first kappa shape index (κ1) is 46.0. The van der Waals surface area contributed by atoms with Gasteiger partial charge in [-0.3, -0.25) is 18.6 Å². The number of rotatable bonds is 36. The molecule has 3 atom stereocenters. The van der Waals surface area contributed by atoms with E-state index in [0.717, 1.165) is 38.5 Å². The summed E-state index contributed by atoms with van der Waals surface area (Å²) in [5.74, 6) is -0.922. The van der Waals surface area contributed by atoms with Crippen LogP contribution in [-0.2, 0) is 32.7 Å². The van der Waals surface area contributed by atoms with E-state index in [0.29, 0.717) is 12.8 Å². The Kier molecular flexibility index (Phi) is 32.7. The highest BCUT2D eigenvalue weighted by Crippen LogP contribution is 2.43. The summed E-state index contributed by atoms with van der Waals surface area (Å²) in [7, 11) is -4.60. The van der Waals surface area contributed by atoms with Crippen molar-refractivity contribution < 1.29 is 47.8 Å². The molecule has 3 N–H and O–H groups in total. The number of phosphoric acid groups is 1. The molecule has 0 radical (unpaired) electrons. The molecule has 0 saturated heterocycles. The Bertz CT molecular complexity index is 766. The molecule has 0 aliphatic rings. The quantitative estimate of drug-likeness (QED) is 0.0329. The van der Waals surface area contributed by atoms with Gasteiger partial charge in [0.05, 0.1) is 19.8 Å². The van der Waals surface area contributed by atoms with Gasteiger partial charge in [-0.25, -0.2) is 4.57 Å². The monoisotopic (exact) mass is 694 g/mol. The smallest absolute Gasteiger partial charge is 0.462 e. The van der Waals surface area contributed by atoms with Crippen molar-refractivity contribution in [3.63, 3.8) is 0 Å². The molecule has 0 rings (SSSR count). The van der Waals surface area contributed by atoms with E-state index in [1.807, 2.05) is 0 Å². The summed E-state index contributed by atoms with van der Waals surface area (Å²) < 4.78 is 32.5. The Morgan fingerprint density at radius 3 is 1.32 bits per heavy atom. The molecule has 0 aromatic heterocycles. The molecule has 0 aromatic carbocycles. The standard InChI is InChI=1S/C36H71O10P/c1-3-5-7-9-11-12-13-14-15-16-17-18-19-20-22-24-26-28-36(40)46-34(32-45-47(41,42)44-30-33(38)29-37)31-43-35(39)27-25-23-21-10-8-6-4-2/h33-34,37-38H,3-32H2,1-2H3,(H,41,42). The van der Waals surface area contributed by atoms with E-state index in [1.54, 1.807) is 0 Å². The number of aliphatic hydroxyl groups excluding tert-OH is 2. The summed E-state index contributed by atoms with van der Waals surface area (Å²) >= 11 is 0. The molecule has 0 aliphatic carbocycles. The van der Waals surface area contributed by atoms with Gasteiger partial charge in [0.2, 0.25) is 0 Å². The predicted molar refractivity (Wildman–Crippen MR) is 187 cm³/mol. The number of hydrogen-bond acceptors (Lipinski definition) is 9. The minimum Gasteiger partial charge on any atom is -0.462 e. The average molecular weight is 695 g/mol. The Balaban J connectivity index is 4.23. The molecule has 0 fully saturated rings. The first-order valence-corrected chi connectivity index (χ1v) is 20.5. The van der Waals surface area contributed by atoms with Gasteiger partial charge in [-0.05, 0) is 12.8 Å². The molecule has 11 heteroatoms. The van der Waals surface area contributed by atoms with Gasteiger partial charge in [0, 0.05) is 12.8 Å². The average Bonchev–Trinajstić information content (AvgIpc) is 3.05. The maximum atomic E-state index is 12.5. The van der Waals surface area contributed by atoms with Crippen LogP contribution in [0.1, 0.15) is 181 Å². The van der Waals surface area contributed by atoms with Crippen molar-refractivity contribution in [2.24, 2.45) is 0 Å². The van der Waals surface area contributed by atoms with Gasteiger partial charge >= 0.3 is 19.8 Å². The molecule has 10 nitrogen and oxygen atoms in total. The largest absolute Gasteiger partial charge is 0.472 e. The van der Waals surface area contributed by atoms with Crippen molar-refractivity contribution >= 4 is 19.8 Å². The van der Waals surface area contributed by atoms with Crippen LogP contribution in [0.4, 0.5) is 0 Å². The topological polar surface area (TPSA) is 149 Å². The fourth-order valence-electron chi connectivity index (χ4n) is 5.29. The number of phosphoric ester groups is 1. The van der Waals surface area contributed by atoms with Crippen molar-refractivity contribution in [3.05, 3.63) is 0 Å². The Hall–Kier alpha value is -1.03. The highest BCUT2D eigenvalue weighted by Gasteiger charge is 2.27. The number of esters is 2. The van der Waals surface area contributed by atoms with Gasteiger partial charge in [-0.1, -0.05) is 155 Å². The molecule has 0 heterocycles. The Morgan fingerprint density at radius 2 is 0.915 bits per heavy atom. The summed E-state index contributed by atoms with van der Waals surface area (Å²) in [6.45, 7) is 2.34. The van der Waals surface area contributed by atoms with Crippen LogP contribution in [0.2, 0.25) is 0 Å². The zero-order valence-electron chi connectivity index (χ0n) is 30.0. The third-order valence-corrected chi connectivity index (χ3v) is 9.21. The summed E-state index contributed by atoms with van der Waals surface area (Å²) in [5, 5.41) is 18.2. The summed E-state index contributed by atoms with van der Waals surface area (Å²) in [6.07, 6.45) is 26.7. The maximum Gasteiger partial charge on any atom is 0.472 e. The third kappa shape index (κ3) is 33.3. The third-order valence-electron chi connectivity index (χ3n) is 8.26. The minimum absolute atomic E-state index is 0.192. The van der Waals surface area contributed by atoms with Crippen molar-refractivity contribution in [1.29, 1.82) is 0 Å². The molecule has 0 amide bonds. The first-order chi connectivity index (χ1) is 22.7. The van der Waals surface area contributed by atoms with Gasteiger partial charge in [-0.2, -0.15) is 0 Å². The summed E-state index contributed by atoms with van der Waals surface area (Å²) in [5.41, 5.74) is 0. The van der Waals surface area contributed by atoms with E-state index >= 15 is 0 Å². The van der Waals surface area contributed by atoms with Crippen LogP contribution in [0.15, 0.2) is 0 Å². The Morgan fingerprint density at radius 1 is 0.553 bits per heavy atom. The van der Waals surface area contributed by atoms with Crippen LogP contribution in [0, 0.1) is 0 Å². The van der Waals surface area contributed by atoms with Crippen LogP contribution in [0.25, 0.3) is 0 Å². The van der Waals surface area contributed by atoms with E-state index < -0.39 is 51.8 Å². The highest BCUT2D eigenvalue weighted by atomic mass is 31.2. The zero-order valence-corrected chi connectivity index (χ0v) is 30.9. The second-order valence-electron chi connectivity index (χ2n) is 13.0. The number of carbonyl (C=O) groups is 2. The zero-order chi connectivity index (χ0) is 34.9. The van der Waals surface area contributed by atoms with E-state index in [-0.39, 0.29) is 19.4 Å². The fraction of sp³-hybridized carbons (Fsp3) is 0.944. The molecule has 0 aromatic rings. The lowest BCUT2D eigenvalue weighted by molar-refractivity contribution is -0.161. The lowest BCUT2D eigenvalue weighted by Crippen LogP contribution is -2.29. The predicted octanol–water partition coefficient (Wildman–Crippen LogP) is 9.11. The van der Waals surface area contributed by atoms with Gasteiger partial charge in [-0.15, -0.1) is 0 Å². The van der Waals surface area contributed by atoms with Crippen molar-refractivity contribution in [3.8, 4) is 0 Å². The SMILES string of the molecule is CCCCCCCCCCCCCCCCCCCC(=O)OC(COC(=O)CCCCCCCCC)COP(=O)(O)OCC(O)CO. The number of ether oxygens (including phenoxy) is 2. The molecular weight excluding hydrogens is 623 g/mol. The number of carbonyl (C=O) groups excluding carboxylic acids is 2. The van der Waals surface area contributed by atoms with E-state index in [9.17, 15) is 24.2 Å². The molecule has 47 heavy (non-hydrogen) atoms. The molecule has 0 spiro atoms. The molecule has 0 bridgehead atoms. The molecular formula is C36H71O10P. The minimum atomic E-state index is -4.60. The normalized spacial score (nSPS) is 14.1. The van der Waals surface area contributed by atoms with E-state index in [4.69, 9.17) is 19.1 Å². The lowest BCUT2D eigenvalue weighted by Gasteiger charge is -2.20. The van der Waals surface area contributed by atoms with Crippen LogP contribution >= 0.6 is 7.82 Å². The van der Waals surface area contributed by atoms with Gasteiger partial charge < -0.3 is 24.6 Å². The molecule has 3 unspecified atom stereocenters. The maximum absolute atomic E-state index is 12.5. The van der Waals surface area contributed by atoms with Gasteiger partial charge in [0.25, 0.3) is 0 Å². The molecule has 0 saturated carbocycles. The molecule has 280 valence electrons. The highest BCUT2D eigenvalue weighted by molar-refractivity contribution is 7.47. The second-order valence-corrected chi connectivity index (χ2v) is 14.4. The Labute approximate surface area is 286 Å². The number of aliphatic hydroxyl groups is 2. The van der Waals surface area contributed by atoms with Crippen molar-refractivity contribution in [2.75, 3.05) is 26.4 Å². The summed E-state index contributed by atoms with van der Waals surface area (Å²) in [6, 6.07) is 0. The van der Waals surface area contributed by atoms with Crippen molar-refractivity contribution in [2.45, 2.75) is 193 Å². The fourth-order valence-corrected chi connectivity index (χ4v) is 6.08. The summed E-state index contributed by atoms with van der Waals surface area (Å²) in [4.78, 5) is 34.6. The van der Waals surface area contributed by atoms with E-state index in [1.165, 1.54) is 103 Å². The van der Waals surface area contributed by atoms with Crippen LogP contribution < -0.4 is 0 Å².